The largest absolute Gasteiger partial charge is 0.0654 e. The van der Waals surface area contributed by atoms with E-state index in [2.05, 4.69) is 27.7 Å². The van der Waals surface area contributed by atoms with Crippen LogP contribution in [-0.4, -0.2) is 0 Å². The molecule has 0 saturated heterocycles. The normalized spacial score (nSPS) is 13.2. The van der Waals surface area contributed by atoms with Crippen LogP contribution < -0.4 is 0 Å². The number of unbranched alkanes of at least 4 members (excludes halogenated alkanes) is 26. The molecule has 0 bridgehead atoms. The molecule has 0 aliphatic carbocycles. The van der Waals surface area contributed by atoms with Gasteiger partial charge in [0.15, 0.2) is 0 Å². The number of hydrogen-bond acceptors (Lipinski definition) is 0. The van der Waals surface area contributed by atoms with E-state index in [4.69, 9.17) is 0 Å². The fraction of sp³-hybridized carbons (Fsp3) is 1.00. The molecule has 2 unspecified atom stereocenters. The molecule has 0 aromatic rings. The third-order valence-corrected chi connectivity index (χ3v) is 9.49. The molecule has 0 nitrogen and oxygen atoms in total. The van der Waals surface area contributed by atoms with Gasteiger partial charge in [0.2, 0.25) is 0 Å². The van der Waals surface area contributed by atoms with E-state index in [9.17, 15) is 0 Å². The van der Waals surface area contributed by atoms with Crippen molar-refractivity contribution in [1.82, 2.24) is 0 Å². The van der Waals surface area contributed by atoms with Crippen LogP contribution in [-0.2, 0) is 0 Å². The monoisotopic (exact) mass is 549 g/mol. The zero-order valence-corrected chi connectivity index (χ0v) is 28.5. The molecule has 236 valence electrons. The highest BCUT2D eigenvalue weighted by molar-refractivity contribution is 4.60. The molecular formula is C39H80. The second kappa shape index (κ2) is 34.2. The van der Waals surface area contributed by atoms with E-state index >= 15 is 0 Å². The summed E-state index contributed by atoms with van der Waals surface area (Å²) in [7, 11) is 0. The minimum Gasteiger partial charge on any atom is -0.0654 e. The topological polar surface area (TPSA) is 0 Å². The van der Waals surface area contributed by atoms with E-state index in [-0.39, 0.29) is 0 Å². The first-order valence-electron chi connectivity index (χ1n) is 19.2. The molecule has 0 N–H and O–H groups in total. The van der Waals surface area contributed by atoms with Gasteiger partial charge >= 0.3 is 0 Å². The summed E-state index contributed by atoms with van der Waals surface area (Å²) in [5, 5.41) is 0. The number of rotatable bonds is 34. The van der Waals surface area contributed by atoms with Crippen molar-refractivity contribution < 1.29 is 0 Å². The van der Waals surface area contributed by atoms with Crippen LogP contribution in [0.1, 0.15) is 240 Å². The molecule has 0 amide bonds. The summed E-state index contributed by atoms with van der Waals surface area (Å²) in [6.07, 6.45) is 48.6. The van der Waals surface area contributed by atoms with Crippen molar-refractivity contribution in [2.24, 2.45) is 11.8 Å². The van der Waals surface area contributed by atoms with Crippen LogP contribution in [0.5, 0.6) is 0 Å². The van der Waals surface area contributed by atoms with Crippen LogP contribution in [0.25, 0.3) is 0 Å². The van der Waals surface area contributed by atoms with E-state index in [1.54, 1.807) is 0 Å². The second-order valence-electron chi connectivity index (χ2n) is 13.9. The van der Waals surface area contributed by atoms with E-state index in [1.807, 2.05) is 0 Å². The van der Waals surface area contributed by atoms with Gasteiger partial charge in [-0.1, -0.05) is 240 Å². The standard InChI is InChI=1S/C39H80/c1-5-7-9-11-13-15-17-19-20-21-22-24-26-28-30-32-35-39(4)37-33-36-38(3)34-31-29-27-25-23-18-16-14-12-10-8-6-2/h38-39H,5-37H2,1-4H3. The molecule has 0 aliphatic rings. The minimum atomic E-state index is 0.954. The Morgan fingerprint density at radius 3 is 0.641 bits per heavy atom. The summed E-state index contributed by atoms with van der Waals surface area (Å²) in [6.45, 7) is 9.65. The van der Waals surface area contributed by atoms with Gasteiger partial charge in [0.25, 0.3) is 0 Å². The average molecular weight is 549 g/mol. The van der Waals surface area contributed by atoms with Crippen molar-refractivity contribution in [3.63, 3.8) is 0 Å². The van der Waals surface area contributed by atoms with Gasteiger partial charge in [-0.25, -0.2) is 0 Å². The predicted octanol–water partition coefficient (Wildman–Crippen LogP) is 15.2. The molecule has 0 fully saturated rings. The lowest BCUT2D eigenvalue weighted by molar-refractivity contribution is 0.390. The average Bonchev–Trinajstić information content (AvgIpc) is 2.93. The zero-order chi connectivity index (χ0) is 28.5. The van der Waals surface area contributed by atoms with Gasteiger partial charge in [-0.2, -0.15) is 0 Å². The van der Waals surface area contributed by atoms with Crippen molar-refractivity contribution in [3.05, 3.63) is 0 Å². The van der Waals surface area contributed by atoms with Gasteiger partial charge in [-0.15, -0.1) is 0 Å². The van der Waals surface area contributed by atoms with Crippen molar-refractivity contribution >= 4 is 0 Å². The maximum absolute atomic E-state index is 2.51. The lowest BCUT2D eigenvalue weighted by Gasteiger charge is -2.14. The summed E-state index contributed by atoms with van der Waals surface area (Å²) in [5.41, 5.74) is 0. The smallest absolute Gasteiger partial charge is 0.0443 e. The van der Waals surface area contributed by atoms with Gasteiger partial charge in [-0.3, -0.25) is 0 Å². The second-order valence-corrected chi connectivity index (χ2v) is 13.9. The Bertz CT molecular complexity index is 412. The Labute approximate surface area is 251 Å². The summed E-state index contributed by atoms with van der Waals surface area (Å²) in [4.78, 5) is 0. The highest BCUT2D eigenvalue weighted by atomic mass is 14.1. The summed E-state index contributed by atoms with van der Waals surface area (Å²) >= 11 is 0. The highest BCUT2D eigenvalue weighted by Gasteiger charge is 2.06. The maximum atomic E-state index is 2.51. The molecule has 0 heteroatoms. The molecule has 2 atom stereocenters. The Morgan fingerprint density at radius 2 is 0.410 bits per heavy atom. The quantitative estimate of drug-likeness (QED) is 0.0701. The minimum absolute atomic E-state index is 0.954. The van der Waals surface area contributed by atoms with E-state index < -0.39 is 0 Å². The summed E-state index contributed by atoms with van der Waals surface area (Å²) in [6, 6.07) is 0. The molecule has 39 heavy (non-hydrogen) atoms. The van der Waals surface area contributed by atoms with Crippen molar-refractivity contribution in [1.29, 1.82) is 0 Å². The van der Waals surface area contributed by atoms with Gasteiger partial charge in [0.05, 0.1) is 0 Å². The molecular weight excluding hydrogens is 468 g/mol. The fourth-order valence-corrected chi connectivity index (χ4v) is 6.48. The van der Waals surface area contributed by atoms with Crippen molar-refractivity contribution in [3.8, 4) is 0 Å². The van der Waals surface area contributed by atoms with Crippen molar-refractivity contribution in [2.45, 2.75) is 240 Å². The molecule has 0 radical (unpaired) electrons. The van der Waals surface area contributed by atoms with E-state index in [0.29, 0.717) is 0 Å². The third kappa shape index (κ3) is 34.1. The molecule has 0 rings (SSSR count). The Kier molecular flexibility index (Phi) is 34.2. The molecule has 0 heterocycles. The van der Waals surface area contributed by atoms with Crippen LogP contribution in [0.3, 0.4) is 0 Å². The van der Waals surface area contributed by atoms with E-state index in [0.717, 1.165) is 11.8 Å². The predicted molar refractivity (Wildman–Crippen MR) is 182 cm³/mol. The number of hydrogen-bond donors (Lipinski definition) is 0. The maximum Gasteiger partial charge on any atom is -0.0443 e. The molecule has 0 aliphatic heterocycles. The molecule has 0 aromatic carbocycles. The Balaban J connectivity index is 3.25. The zero-order valence-electron chi connectivity index (χ0n) is 28.5. The summed E-state index contributed by atoms with van der Waals surface area (Å²) < 4.78 is 0. The van der Waals surface area contributed by atoms with Crippen molar-refractivity contribution in [2.75, 3.05) is 0 Å². The Hall–Kier alpha value is 0. The first kappa shape index (κ1) is 39.0. The first-order chi connectivity index (χ1) is 19.2. The van der Waals surface area contributed by atoms with Gasteiger partial charge < -0.3 is 0 Å². The Morgan fingerprint density at radius 1 is 0.231 bits per heavy atom. The van der Waals surface area contributed by atoms with Gasteiger partial charge in [0.1, 0.15) is 0 Å². The lowest BCUT2D eigenvalue weighted by atomic mass is 9.92. The van der Waals surface area contributed by atoms with E-state index in [1.165, 1.54) is 212 Å². The highest BCUT2D eigenvalue weighted by Crippen LogP contribution is 2.22. The van der Waals surface area contributed by atoms with Crippen LogP contribution in [0.15, 0.2) is 0 Å². The lowest BCUT2D eigenvalue weighted by Crippen LogP contribution is -1.99. The first-order valence-corrected chi connectivity index (χ1v) is 19.2. The van der Waals surface area contributed by atoms with Crippen LogP contribution in [0.4, 0.5) is 0 Å². The molecule has 0 saturated carbocycles. The fourth-order valence-electron chi connectivity index (χ4n) is 6.48. The van der Waals surface area contributed by atoms with Gasteiger partial charge in [-0.05, 0) is 11.8 Å². The SMILES string of the molecule is CCCCCCCCCCCCCCCCCCC(C)CCCC(C)CCCCCCCCCCCCCC. The third-order valence-electron chi connectivity index (χ3n) is 9.49. The summed E-state index contributed by atoms with van der Waals surface area (Å²) in [5.74, 6) is 1.91. The van der Waals surface area contributed by atoms with Crippen LogP contribution in [0.2, 0.25) is 0 Å². The van der Waals surface area contributed by atoms with Crippen LogP contribution in [0, 0.1) is 11.8 Å². The molecule has 0 spiro atoms. The van der Waals surface area contributed by atoms with Gasteiger partial charge in [0, 0.05) is 0 Å². The van der Waals surface area contributed by atoms with Crippen LogP contribution >= 0.6 is 0 Å². The molecule has 0 aromatic heterocycles.